The SMILES string of the molecule is CCCCCCCCCCCCCCCC(=O)O[C@H](COC(=O)CCCCCCCCCCCCC)COC(=O)CCCCCCCCCCCCC(C)C. The Morgan fingerprint density at radius 1 is 0.345 bits per heavy atom. The maximum absolute atomic E-state index is 12.7. The third kappa shape index (κ3) is 43.4. The number of unbranched alkanes of at least 4 members (excludes halogenated alkanes) is 31. The van der Waals surface area contributed by atoms with Crippen molar-refractivity contribution in [3.05, 3.63) is 0 Å². The van der Waals surface area contributed by atoms with Gasteiger partial charge in [0.15, 0.2) is 6.10 Å². The predicted octanol–water partition coefficient (Wildman–Crippen LogP) is 15.5. The smallest absolute Gasteiger partial charge is 0.306 e. The predicted molar refractivity (Wildman–Crippen MR) is 233 cm³/mol. The molecule has 0 aliphatic heterocycles. The molecule has 0 heterocycles. The first kappa shape index (κ1) is 53.4. The second-order valence-corrected chi connectivity index (χ2v) is 17.2. The van der Waals surface area contributed by atoms with Gasteiger partial charge < -0.3 is 14.2 Å². The highest BCUT2D eigenvalue weighted by Gasteiger charge is 2.19. The summed E-state index contributed by atoms with van der Waals surface area (Å²) in [5.74, 6) is -0.0309. The van der Waals surface area contributed by atoms with E-state index >= 15 is 0 Å². The summed E-state index contributed by atoms with van der Waals surface area (Å²) in [6.07, 6.45) is 43.7. The molecule has 6 heteroatoms. The summed E-state index contributed by atoms with van der Waals surface area (Å²) in [5.41, 5.74) is 0. The van der Waals surface area contributed by atoms with Crippen molar-refractivity contribution in [3.8, 4) is 0 Å². The van der Waals surface area contributed by atoms with Gasteiger partial charge in [0.05, 0.1) is 0 Å². The summed E-state index contributed by atoms with van der Waals surface area (Å²) in [6.45, 7) is 8.99. The van der Waals surface area contributed by atoms with Gasteiger partial charge in [-0.3, -0.25) is 14.4 Å². The zero-order chi connectivity index (χ0) is 40.3. The van der Waals surface area contributed by atoms with E-state index in [1.165, 1.54) is 167 Å². The van der Waals surface area contributed by atoms with Crippen LogP contribution in [0.4, 0.5) is 0 Å². The number of hydrogen-bond donors (Lipinski definition) is 0. The average Bonchev–Trinajstić information content (AvgIpc) is 3.17. The third-order valence-corrected chi connectivity index (χ3v) is 11.0. The minimum absolute atomic E-state index is 0.0633. The van der Waals surface area contributed by atoms with E-state index in [1.54, 1.807) is 0 Å². The summed E-state index contributed by atoms with van der Waals surface area (Å²) in [4.78, 5) is 37.8. The van der Waals surface area contributed by atoms with Crippen molar-refractivity contribution in [2.45, 2.75) is 278 Å². The lowest BCUT2D eigenvalue weighted by Crippen LogP contribution is -2.30. The van der Waals surface area contributed by atoms with Crippen LogP contribution in [0, 0.1) is 5.92 Å². The second kappa shape index (κ2) is 43.5. The van der Waals surface area contributed by atoms with E-state index in [-0.39, 0.29) is 31.1 Å². The maximum atomic E-state index is 12.7. The Bertz CT molecular complexity index is 826. The van der Waals surface area contributed by atoms with Gasteiger partial charge >= 0.3 is 17.9 Å². The lowest BCUT2D eigenvalue weighted by atomic mass is 10.0. The summed E-state index contributed by atoms with van der Waals surface area (Å²) in [5, 5.41) is 0. The van der Waals surface area contributed by atoms with Crippen LogP contribution in [0.5, 0.6) is 0 Å². The maximum Gasteiger partial charge on any atom is 0.306 e. The van der Waals surface area contributed by atoms with Crippen molar-refractivity contribution in [1.29, 1.82) is 0 Å². The molecule has 55 heavy (non-hydrogen) atoms. The molecule has 0 aliphatic rings. The van der Waals surface area contributed by atoms with Crippen molar-refractivity contribution in [2.24, 2.45) is 5.92 Å². The highest BCUT2D eigenvalue weighted by molar-refractivity contribution is 5.71. The minimum atomic E-state index is -0.759. The van der Waals surface area contributed by atoms with E-state index < -0.39 is 6.10 Å². The van der Waals surface area contributed by atoms with Crippen LogP contribution in [-0.4, -0.2) is 37.2 Å². The number of hydrogen-bond acceptors (Lipinski definition) is 6. The molecule has 0 saturated heterocycles. The van der Waals surface area contributed by atoms with E-state index in [0.29, 0.717) is 19.3 Å². The number of carbonyl (C=O) groups excluding carboxylic acids is 3. The summed E-state index contributed by atoms with van der Waals surface area (Å²) >= 11 is 0. The first-order valence-corrected chi connectivity index (χ1v) is 24.4. The fourth-order valence-corrected chi connectivity index (χ4v) is 7.33. The van der Waals surface area contributed by atoms with Gasteiger partial charge in [-0.2, -0.15) is 0 Å². The Balaban J connectivity index is 4.32. The van der Waals surface area contributed by atoms with Gasteiger partial charge in [-0.05, 0) is 25.2 Å². The largest absolute Gasteiger partial charge is 0.462 e. The molecule has 0 aromatic rings. The topological polar surface area (TPSA) is 78.9 Å². The van der Waals surface area contributed by atoms with Crippen LogP contribution in [0.15, 0.2) is 0 Å². The zero-order valence-corrected chi connectivity index (χ0v) is 37.4. The van der Waals surface area contributed by atoms with Crippen LogP contribution >= 0.6 is 0 Å². The fourth-order valence-electron chi connectivity index (χ4n) is 7.33. The summed E-state index contributed by atoms with van der Waals surface area (Å²) < 4.78 is 16.8. The Hall–Kier alpha value is -1.59. The molecule has 6 nitrogen and oxygen atoms in total. The van der Waals surface area contributed by atoms with Gasteiger partial charge in [-0.15, -0.1) is 0 Å². The van der Waals surface area contributed by atoms with E-state index in [2.05, 4.69) is 27.7 Å². The van der Waals surface area contributed by atoms with Crippen LogP contribution in [0.1, 0.15) is 272 Å². The Kier molecular flexibility index (Phi) is 42.3. The van der Waals surface area contributed by atoms with Gasteiger partial charge in [0, 0.05) is 19.3 Å². The van der Waals surface area contributed by atoms with Crippen LogP contribution in [0.2, 0.25) is 0 Å². The van der Waals surface area contributed by atoms with Crippen LogP contribution < -0.4 is 0 Å². The number of esters is 3. The van der Waals surface area contributed by atoms with Gasteiger partial charge in [-0.1, -0.05) is 233 Å². The van der Waals surface area contributed by atoms with Gasteiger partial charge in [0.2, 0.25) is 0 Å². The van der Waals surface area contributed by atoms with E-state index in [9.17, 15) is 14.4 Å². The molecule has 0 aromatic carbocycles. The molecule has 0 saturated carbocycles. The van der Waals surface area contributed by atoms with Gasteiger partial charge in [-0.25, -0.2) is 0 Å². The second-order valence-electron chi connectivity index (χ2n) is 17.2. The quantitative estimate of drug-likeness (QED) is 0.0348. The van der Waals surface area contributed by atoms with Crippen molar-refractivity contribution in [1.82, 2.24) is 0 Å². The van der Waals surface area contributed by atoms with Crippen molar-refractivity contribution in [2.75, 3.05) is 13.2 Å². The highest BCUT2D eigenvalue weighted by atomic mass is 16.6. The third-order valence-electron chi connectivity index (χ3n) is 11.0. The number of rotatable bonds is 44. The van der Waals surface area contributed by atoms with E-state index in [0.717, 1.165) is 63.7 Å². The molecular formula is C49H94O6. The molecule has 0 amide bonds. The number of carbonyl (C=O) groups is 3. The Labute approximate surface area is 342 Å². The normalized spacial score (nSPS) is 11.9. The molecule has 0 radical (unpaired) electrons. The monoisotopic (exact) mass is 779 g/mol. The van der Waals surface area contributed by atoms with Crippen LogP contribution in [0.3, 0.4) is 0 Å². The Morgan fingerprint density at radius 2 is 0.600 bits per heavy atom. The fraction of sp³-hybridized carbons (Fsp3) is 0.939. The molecular weight excluding hydrogens is 685 g/mol. The molecule has 326 valence electrons. The molecule has 0 bridgehead atoms. The standard InChI is InChI=1S/C49H94O6/c1-5-7-9-11-13-15-17-18-20-26-30-34-38-42-49(52)55-46(43-53-47(50)40-36-32-28-24-19-16-14-12-10-8-6-2)44-54-48(51)41-37-33-29-25-22-21-23-27-31-35-39-45(3)4/h45-46H,5-44H2,1-4H3/t46-/m1/s1. The van der Waals surface area contributed by atoms with Crippen LogP contribution in [-0.2, 0) is 28.6 Å². The minimum Gasteiger partial charge on any atom is -0.462 e. The molecule has 1 atom stereocenters. The van der Waals surface area contributed by atoms with Gasteiger partial charge in [0.1, 0.15) is 13.2 Å². The molecule has 0 N–H and O–H groups in total. The lowest BCUT2D eigenvalue weighted by Gasteiger charge is -2.18. The van der Waals surface area contributed by atoms with Crippen LogP contribution in [0.25, 0.3) is 0 Å². The first-order chi connectivity index (χ1) is 26.9. The average molecular weight is 779 g/mol. The van der Waals surface area contributed by atoms with E-state index in [4.69, 9.17) is 14.2 Å². The van der Waals surface area contributed by atoms with E-state index in [1.807, 2.05) is 0 Å². The summed E-state index contributed by atoms with van der Waals surface area (Å²) in [6, 6.07) is 0. The van der Waals surface area contributed by atoms with Crippen molar-refractivity contribution in [3.63, 3.8) is 0 Å². The lowest BCUT2D eigenvalue weighted by molar-refractivity contribution is -0.167. The van der Waals surface area contributed by atoms with Crippen molar-refractivity contribution >= 4 is 17.9 Å². The molecule has 0 aromatic heterocycles. The molecule has 0 rings (SSSR count). The molecule has 0 spiro atoms. The van der Waals surface area contributed by atoms with Crippen molar-refractivity contribution < 1.29 is 28.6 Å². The number of ether oxygens (including phenoxy) is 3. The zero-order valence-electron chi connectivity index (χ0n) is 37.4. The molecule has 0 aliphatic carbocycles. The highest BCUT2D eigenvalue weighted by Crippen LogP contribution is 2.16. The Morgan fingerprint density at radius 3 is 0.891 bits per heavy atom. The summed E-state index contributed by atoms with van der Waals surface area (Å²) in [7, 11) is 0. The first-order valence-electron chi connectivity index (χ1n) is 24.4. The molecule has 0 fully saturated rings. The van der Waals surface area contributed by atoms with Gasteiger partial charge in [0.25, 0.3) is 0 Å². The molecule has 0 unspecified atom stereocenters.